The Hall–Kier alpha value is -3.67. The van der Waals surface area contributed by atoms with Crippen molar-refractivity contribution in [1.29, 1.82) is 0 Å². The minimum absolute atomic E-state index is 0.0648. The van der Waals surface area contributed by atoms with E-state index < -0.39 is 23.5 Å². The highest BCUT2D eigenvalue weighted by atomic mass is 16.5. The molecule has 27 heavy (non-hydrogen) atoms. The van der Waals surface area contributed by atoms with Gasteiger partial charge >= 0.3 is 11.9 Å². The number of carboxylic acids is 2. The van der Waals surface area contributed by atoms with Crippen molar-refractivity contribution in [3.63, 3.8) is 0 Å². The fourth-order valence-corrected chi connectivity index (χ4v) is 2.70. The minimum Gasteiger partial charge on any atom is -0.478 e. The van der Waals surface area contributed by atoms with Crippen LogP contribution in [0.2, 0.25) is 0 Å². The normalized spacial score (nSPS) is 20.8. The maximum atomic E-state index is 12.5. The van der Waals surface area contributed by atoms with Crippen LogP contribution >= 0.6 is 0 Å². The van der Waals surface area contributed by atoms with Crippen LogP contribution in [0.3, 0.4) is 0 Å². The second-order valence-corrected chi connectivity index (χ2v) is 6.00. The molecule has 0 bridgehead atoms. The van der Waals surface area contributed by atoms with Crippen molar-refractivity contribution in [3.8, 4) is 5.75 Å². The Labute approximate surface area is 155 Å². The van der Waals surface area contributed by atoms with Crippen LogP contribution in [0, 0.1) is 5.92 Å². The zero-order valence-electron chi connectivity index (χ0n) is 14.1. The van der Waals surface area contributed by atoms with E-state index in [1.54, 1.807) is 24.3 Å². The molecular formula is C21H16O6. The Morgan fingerprint density at radius 3 is 1.93 bits per heavy atom. The summed E-state index contributed by atoms with van der Waals surface area (Å²) >= 11 is 0. The molecule has 2 aromatic carbocycles. The van der Waals surface area contributed by atoms with Crippen LogP contribution in [0.4, 0.5) is 0 Å². The van der Waals surface area contributed by atoms with Crippen molar-refractivity contribution < 1.29 is 29.3 Å². The number of ketones is 1. The Kier molecular flexibility index (Phi) is 4.90. The quantitative estimate of drug-likeness (QED) is 0.603. The first-order valence-electron chi connectivity index (χ1n) is 8.15. The molecule has 0 amide bonds. The number of benzene rings is 2. The number of allylic oxidation sites excluding steroid dienone is 2. The number of carbonyl (C=O) groups excluding carboxylic acids is 1. The van der Waals surface area contributed by atoms with E-state index in [0.29, 0.717) is 5.56 Å². The third-order valence-corrected chi connectivity index (χ3v) is 4.19. The van der Waals surface area contributed by atoms with E-state index in [1.165, 1.54) is 48.6 Å². The van der Waals surface area contributed by atoms with E-state index in [4.69, 9.17) is 9.84 Å². The summed E-state index contributed by atoms with van der Waals surface area (Å²) in [6, 6.07) is 14.1. The second kappa shape index (κ2) is 7.29. The monoisotopic (exact) mass is 364 g/mol. The number of carboxylic acid groups (broad SMARTS) is 2. The molecule has 2 aromatic rings. The summed E-state index contributed by atoms with van der Waals surface area (Å²) in [5.41, 5.74) is -1.17. The molecule has 0 unspecified atom stereocenters. The molecule has 3 rings (SSSR count). The number of aliphatic carboxylic acids is 1. The van der Waals surface area contributed by atoms with Gasteiger partial charge in [0.15, 0.2) is 5.78 Å². The van der Waals surface area contributed by atoms with Crippen LogP contribution in [0.25, 0.3) is 0 Å². The van der Waals surface area contributed by atoms with E-state index in [9.17, 15) is 19.5 Å². The van der Waals surface area contributed by atoms with Crippen molar-refractivity contribution in [2.24, 2.45) is 5.92 Å². The van der Waals surface area contributed by atoms with Crippen LogP contribution < -0.4 is 4.74 Å². The van der Waals surface area contributed by atoms with Gasteiger partial charge in [-0.15, -0.1) is 0 Å². The summed E-state index contributed by atoms with van der Waals surface area (Å²) in [7, 11) is 0. The largest absolute Gasteiger partial charge is 0.478 e. The first-order chi connectivity index (χ1) is 12.9. The predicted octanol–water partition coefficient (Wildman–Crippen LogP) is 3.21. The molecular weight excluding hydrogens is 348 g/mol. The van der Waals surface area contributed by atoms with Crippen molar-refractivity contribution in [2.45, 2.75) is 5.60 Å². The molecule has 0 fully saturated rings. The standard InChI is InChI=1S/C21H16O6/c22-18(14-4-2-1-3-5-14)15-10-12-21(13-11-15,20(25)26)27-17-8-6-16(7-9-17)19(23)24/h1-13,15H,(H,23,24)(H,25,26). The second-order valence-electron chi connectivity index (χ2n) is 6.00. The highest BCUT2D eigenvalue weighted by Crippen LogP contribution is 2.28. The minimum atomic E-state index is -1.77. The van der Waals surface area contributed by atoms with Crippen LogP contribution in [0.5, 0.6) is 5.75 Å². The molecule has 0 aliphatic heterocycles. The molecule has 0 saturated carbocycles. The first kappa shape index (κ1) is 18.1. The zero-order chi connectivity index (χ0) is 19.4. The Balaban J connectivity index is 1.81. The van der Waals surface area contributed by atoms with Gasteiger partial charge in [0.2, 0.25) is 5.60 Å². The van der Waals surface area contributed by atoms with Crippen LogP contribution in [0.1, 0.15) is 20.7 Å². The van der Waals surface area contributed by atoms with Gasteiger partial charge in [0.25, 0.3) is 0 Å². The summed E-state index contributed by atoms with van der Waals surface area (Å²) in [5, 5.41) is 18.6. The number of Topliss-reactive ketones (excluding diaryl/α,β-unsaturated/α-hetero) is 1. The fourth-order valence-electron chi connectivity index (χ4n) is 2.70. The number of rotatable bonds is 6. The number of aromatic carboxylic acids is 1. The van der Waals surface area contributed by atoms with Crippen LogP contribution in [-0.4, -0.2) is 33.5 Å². The van der Waals surface area contributed by atoms with Crippen molar-refractivity contribution in [2.75, 3.05) is 0 Å². The Morgan fingerprint density at radius 1 is 0.815 bits per heavy atom. The van der Waals surface area contributed by atoms with E-state index in [2.05, 4.69) is 0 Å². The van der Waals surface area contributed by atoms with E-state index in [0.717, 1.165) is 0 Å². The average Bonchev–Trinajstić information content (AvgIpc) is 2.69. The van der Waals surface area contributed by atoms with E-state index in [1.807, 2.05) is 6.07 Å². The summed E-state index contributed by atoms with van der Waals surface area (Å²) < 4.78 is 5.60. The molecule has 0 aromatic heterocycles. The lowest BCUT2D eigenvalue weighted by Crippen LogP contribution is -2.42. The first-order valence-corrected chi connectivity index (χ1v) is 8.15. The lowest BCUT2D eigenvalue weighted by Gasteiger charge is -2.27. The average molecular weight is 364 g/mol. The van der Waals surface area contributed by atoms with E-state index in [-0.39, 0.29) is 17.1 Å². The van der Waals surface area contributed by atoms with Gasteiger partial charge in [-0.2, -0.15) is 0 Å². The van der Waals surface area contributed by atoms with E-state index >= 15 is 0 Å². The maximum absolute atomic E-state index is 12.5. The highest BCUT2D eigenvalue weighted by Gasteiger charge is 2.38. The SMILES string of the molecule is O=C(O)c1ccc(OC2(C(=O)O)C=CC(C(=O)c3ccccc3)C=C2)cc1. The van der Waals surface area contributed by atoms with Gasteiger partial charge in [-0.05, 0) is 36.4 Å². The summed E-state index contributed by atoms with van der Waals surface area (Å²) in [5.74, 6) is -2.87. The van der Waals surface area contributed by atoms with Gasteiger partial charge in [-0.3, -0.25) is 4.79 Å². The topological polar surface area (TPSA) is 101 Å². The molecule has 6 heteroatoms. The van der Waals surface area contributed by atoms with Gasteiger partial charge in [-0.25, -0.2) is 9.59 Å². The molecule has 1 aliphatic rings. The van der Waals surface area contributed by atoms with Crippen LogP contribution in [0.15, 0.2) is 78.9 Å². The summed E-state index contributed by atoms with van der Waals surface area (Å²) in [6.07, 6.45) is 5.64. The van der Waals surface area contributed by atoms with Gasteiger partial charge in [0, 0.05) is 5.56 Å². The molecule has 0 radical (unpaired) electrons. The summed E-state index contributed by atoms with van der Waals surface area (Å²) in [4.78, 5) is 35.2. The zero-order valence-corrected chi connectivity index (χ0v) is 14.1. The molecule has 1 aliphatic carbocycles. The van der Waals surface area contributed by atoms with Crippen molar-refractivity contribution >= 4 is 17.7 Å². The lowest BCUT2D eigenvalue weighted by atomic mass is 9.88. The lowest BCUT2D eigenvalue weighted by molar-refractivity contribution is -0.147. The van der Waals surface area contributed by atoms with Crippen molar-refractivity contribution in [1.82, 2.24) is 0 Å². The Bertz CT molecular complexity index is 911. The number of carbonyl (C=O) groups is 3. The maximum Gasteiger partial charge on any atom is 0.356 e. The smallest absolute Gasteiger partial charge is 0.356 e. The molecule has 0 saturated heterocycles. The van der Waals surface area contributed by atoms with Gasteiger partial charge in [0.05, 0.1) is 11.5 Å². The van der Waals surface area contributed by atoms with Gasteiger partial charge in [-0.1, -0.05) is 42.5 Å². The Morgan fingerprint density at radius 2 is 1.41 bits per heavy atom. The molecule has 0 heterocycles. The third-order valence-electron chi connectivity index (χ3n) is 4.19. The molecule has 0 spiro atoms. The highest BCUT2D eigenvalue weighted by molar-refractivity contribution is 6.00. The number of hydrogen-bond donors (Lipinski definition) is 2. The molecule has 0 atom stereocenters. The fraction of sp³-hybridized carbons (Fsp3) is 0.0952. The number of ether oxygens (including phenoxy) is 1. The predicted molar refractivity (Wildman–Crippen MR) is 96.9 cm³/mol. The van der Waals surface area contributed by atoms with Crippen LogP contribution in [-0.2, 0) is 4.79 Å². The van der Waals surface area contributed by atoms with Gasteiger partial charge < -0.3 is 14.9 Å². The third kappa shape index (κ3) is 3.79. The molecule has 6 nitrogen and oxygen atoms in total. The molecule has 2 N–H and O–H groups in total. The van der Waals surface area contributed by atoms with Crippen molar-refractivity contribution in [3.05, 3.63) is 90.0 Å². The molecule has 136 valence electrons. The van der Waals surface area contributed by atoms with Gasteiger partial charge in [0.1, 0.15) is 5.75 Å². The summed E-state index contributed by atoms with van der Waals surface area (Å²) in [6.45, 7) is 0. The number of hydrogen-bond acceptors (Lipinski definition) is 4.